The van der Waals surface area contributed by atoms with Gasteiger partial charge in [-0.05, 0) is 48.4 Å². The van der Waals surface area contributed by atoms with E-state index in [2.05, 4.69) is 9.97 Å². The highest BCUT2D eigenvalue weighted by molar-refractivity contribution is 6.06. The highest BCUT2D eigenvalue weighted by Gasteiger charge is 2.26. The molecule has 10 heteroatoms. The van der Waals surface area contributed by atoms with Gasteiger partial charge in [-0.15, -0.1) is 0 Å². The summed E-state index contributed by atoms with van der Waals surface area (Å²) in [6, 6.07) is 9.26. The first kappa shape index (κ1) is 23.6. The van der Waals surface area contributed by atoms with E-state index in [0.29, 0.717) is 22.1 Å². The average Bonchev–Trinajstić information content (AvgIpc) is 2.85. The number of ether oxygens (including phenoxy) is 3. The third-order valence-electron chi connectivity index (χ3n) is 5.60. The number of phenols is 1. The van der Waals surface area contributed by atoms with Crippen molar-refractivity contribution in [3.8, 4) is 28.4 Å². The molecule has 0 bridgehead atoms. The summed E-state index contributed by atoms with van der Waals surface area (Å²) in [4.78, 5) is 45.6. The van der Waals surface area contributed by atoms with Crippen LogP contribution in [0.1, 0.15) is 21.7 Å². The Morgan fingerprint density at radius 2 is 1.74 bits per heavy atom. The number of esters is 1. The Morgan fingerprint density at radius 1 is 1.06 bits per heavy atom. The van der Waals surface area contributed by atoms with E-state index in [1.54, 1.807) is 18.3 Å². The van der Waals surface area contributed by atoms with Gasteiger partial charge in [0, 0.05) is 28.9 Å². The fourth-order valence-electron chi connectivity index (χ4n) is 4.03. The van der Waals surface area contributed by atoms with E-state index >= 15 is 0 Å². The SMILES string of the molecule is COC(=O)c1c(-c2cc(OC)c(O)c(OC)c2)c2ccc(=O)[nH]c2c(=O)n1Cc1ccnc(C)c1. The molecule has 2 N–H and O–H groups in total. The van der Waals surface area contributed by atoms with E-state index in [1.165, 1.54) is 50.2 Å². The van der Waals surface area contributed by atoms with E-state index in [0.717, 1.165) is 5.69 Å². The van der Waals surface area contributed by atoms with Gasteiger partial charge in [-0.1, -0.05) is 0 Å². The van der Waals surface area contributed by atoms with E-state index in [9.17, 15) is 19.5 Å². The van der Waals surface area contributed by atoms with Crippen molar-refractivity contribution >= 4 is 16.9 Å². The number of phenolic OH excluding ortho intramolecular Hbond substituents is 1. The van der Waals surface area contributed by atoms with Gasteiger partial charge in [0.2, 0.25) is 11.3 Å². The number of fused-ring (bicyclic) bond motifs is 1. The largest absolute Gasteiger partial charge is 0.502 e. The second kappa shape index (κ2) is 9.34. The van der Waals surface area contributed by atoms with E-state index in [1.807, 2.05) is 6.92 Å². The molecule has 0 unspecified atom stereocenters. The number of hydrogen-bond acceptors (Lipinski definition) is 8. The Labute approximate surface area is 199 Å². The molecular weight excluding hydrogens is 454 g/mol. The van der Waals surface area contributed by atoms with Gasteiger partial charge in [-0.2, -0.15) is 0 Å². The number of methoxy groups -OCH3 is 3. The molecule has 35 heavy (non-hydrogen) atoms. The topological polar surface area (TPSA) is 133 Å². The number of pyridine rings is 3. The summed E-state index contributed by atoms with van der Waals surface area (Å²) in [7, 11) is 3.97. The monoisotopic (exact) mass is 477 g/mol. The molecule has 4 rings (SSSR count). The normalized spacial score (nSPS) is 10.9. The lowest BCUT2D eigenvalue weighted by Crippen LogP contribution is -2.30. The van der Waals surface area contributed by atoms with Crippen LogP contribution in [-0.2, 0) is 11.3 Å². The summed E-state index contributed by atoms with van der Waals surface area (Å²) in [5.74, 6) is -0.802. The molecular formula is C25H23N3O7. The smallest absolute Gasteiger partial charge is 0.355 e. The number of nitrogens with zero attached hydrogens (tertiary/aromatic N) is 2. The number of benzene rings is 1. The van der Waals surface area contributed by atoms with Gasteiger partial charge >= 0.3 is 5.97 Å². The predicted octanol–water partition coefficient (Wildman–Crippen LogP) is 2.62. The van der Waals surface area contributed by atoms with Gasteiger partial charge in [0.15, 0.2) is 11.5 Å². The average molecular weight is 477 g/mol. The molecule has 0 amide bonds. The van der Waals surface area contributed by atoms with Crippen molar-refractivity contribution in [2.45, 2.75) is 13.5 Å². The number of H-pyrrole nitrogens is 1. The summed E-state index contributed by atoms with van der Waals surface area (Å²) in [5.41, 5.74) is 1.07. The lowest BCUT2D eigenvalue weighted by Gasteiger charge is -2.20. The maximum Gasteiger partial charge on any atom is 0.355 e. The third kappa shape index (κ3) is 4.21. The first-order chi connectivity index (χ1) is 16.8. The van der Waals surface area contributed by atoms with E-state index in [4.69, 9.17) is 14.2 Å². The lowest BCUT2D eigenvalue weighted by atomic mass is 9.97. The minimum Gasteiger partial charge on any atom is -0.502 e. The van der Waals surface area contributed by atoms with Crippen LogP contribution >= 0.6 is 0 Å². The molecule has 3 aromatic heterocycles. The van der Waals surface area contributed by atoms with Crippen molar-refractivity contribution in [1.29, 1.82) is 0 Å². The van der Waals surface area contributed by atoms with Gasteiger partial charge in [0.1, 0.15) is 11.2 Å². The molecule has 0 aliphatic carbocycles. The fourth-order valence-corrected chi connectivity index (χ4v) is 4.03. The van der Waals surface area contributed by atoms with Crippen LogP contribution in [0.2, 0.25) is 0 Å². The van der Waals surface area contributed by atoms with Gasteiger partial charge in [-0.3, -0.25) is 19.1 Å². The first-order valence-electron chi connectivity index (χ1n) is 10.5. The molecule has 0 fully saturated rings. The van der Waals surface area contributed by atoms with Crippen LogP contribution in [0.3, 0.4) is 0 Å². The number of nitrogens with one attached hydrogen (secondary N) is 1. The first-order valence-corrected chi connectivity index (χ1v) is 10.5. The number of hydrogen-bond donors (Lipinski definition) is 2. The molecule has 0 aliphatic heterocycles. The Morgan fingerprint density at radius 3 is 2.34 bits per heavy atom. The number of aromatic nitrogens is 3. The zero-order valence-corrected chi connectivity index (χ0v) is 19.5. The van der Waals surface area contributed by atoms with E-state index < -0.39 is 17.1 Å². The van der Waals surface area contributed by atoms with Crippen LogP contribution in [0.15, 0.2) is 52.2 Å². The van der Waals surface area contributed by atoms with Gasteiger partial charge in [0.25, 0.3) is 5.56 Å². The van der Waals surface area contributed by atoms with Crippen molar-refractivity contribution in [2.75, 3.05) is 21.3 Å². The van der Waals surface area contributed by atoms with Crippen molar-refractivity contribution in [2.24, 2.45) is 0 Å². The summed E-state index contributed by atoms with van der Waals surface area (Å²) in [6.45, 7) is 1.82. The van der Waals surface area contributed by atoms with Crippen molar-refractivity contribution in [1.82, 2.24) is 14.5 Å². The van der Waals surface area contributed by atoms with E-state index in [-0.39, 0.29) is 35.0 Å². The molecule has 0 atom stereocenters. The fraction of sp³-hybridized carbons (Fsp3) is 0.200. The van der Waals surface area contributed by atoms with Crippen molar-refractivity contribution < 1.29 is 24.1 Å². The summed E-state index contributed by atoms with van der Waals surface area (Å²) < 4.78 is 16.9. The van der Waals surface area contributed by atoms with Crippen molar-refractivity contribution in [3.63, 3.8) is 0 Å². The van der Waals surface area contributed by atoms with Crippen LogP contribution in [-0.4, -0.2) is 46.9 Å². The molecule has 0 aliphatic rings. The number of aromatic amines is 1. The molecule has 1 aromatic carbocycles. The standard InChI is InChI=1S/C25H23N3O7/c1-13-9-14(7-8-26-13)12-28-22(25(32)35-4)20(16-5-6-19(29)27-21(16)24(28)31)15-10-17(33-2)23(30)18(11-15)34-3/h5-11,30H,12H2,1-4H3,(H,27,29). The molecule has 4 aromatic rings. The minimum absolute atomic E-state index is 0.0111. The van der Waals surface area contributed by atoms with Crippen LogP contribution in [0.4, 0.5) is 0 Å². The maximum atomic E-state index is 13.6. The summed E-state index contributed by atoms with van der Waals surface area (Å²) in [5, 5.41) is 10.7. The number of carbonyl (C=O) groups excluding carboxylic acids is 1. The number of carbonyl (C=O) groups is 1. The highest BCUT2D eigenvalue weighted by atomic mass is 16.5. The van der Waals surface area contributed by atoms with Gasteiger partial charge in [-0.25, -0.2) is 4.79 Å². The molecule has 3 heterocycles. The Kier molecular flexibility index (Phi) is 6.28. The zero-order valence-electron chi connectivity index (χ0n) is 19.5. The van der Waals surface area contributed by atoms with Crippen LogP contribution < -0.4 is 20.6 Å². The van der Waals surface area contributed by atoms with Crippen LogP contribution in [0.25, 0.3) is 22.0 Å². The molecule has 0 spiro atoms. The molecule has 10 nitrogen and oxygen atoms in total. The number of aryl methyl sites for hydroxylation is 1. The van der Waals surface area contributed by atoms with Crippen LogP contribution in [0.5, 0.6) is 17.2 Å². The second-order valence-corrected chi connectivity index (χ2v) is 7.75. The Hall–Kier alpha value is -4.60. The quantitative estimate of drug-likeness (QED) is 0.405. The zero-order chi connectivity index (χ0) is 25.3. The predicted molar refractivity (Wildman–Crippen MR) is 128 cm³/mol. The number of rotatable bonds is 6. The second-order valence-electron chi connectivity index (χ2n) is 7.75. The molecule has 0 saturated heterocycles. The third-order valence-corrected chi connectivity index (χ3v) is 5.60. The van der Waals surface area contributed by atoms with Gasteiger partial charge in [0.05, 0.1) is 27.9 Å². The molecule has 0 radical (unpaired) electrons. The van der Waals surface area contributed by atoms with Crippen LogP contribution in [0, 0.1) is 6.92 Å². The summed E-state index contributed by atoms with van der Waals surface area (Å²) >= 11 is 0. The minimum atomic E-state index is -0.762. The highest BCUT2D eigenvalue weighted by Crippen LogP contribution is 2.42. The maximum absolute atomic E-state index is 13.6. The summed E-state index contributed by atoms with van der Waals surface area (Å²) in [6.07, 6.45) is 1.60. The lowest BCUT2D eigenvalue weighted by molar-refractivity contribution is 0.0588. The number of aromatic hydroxyl groups is 1. The Balaban J connectivity index is 2.18. The van der Waals surface area contributed by atoms with Crippen molar-refractivity contribution in [3.05, 3.63) is 80.3 Å². The molecule has 0 saturated carbocycles. The molecule has 180 valence electrons. The van der Waals surface area contributed by atoms with Gasteiger partial charge < -0.3 is 24.3 Å². The Bertz CT molecular complexity index is 1550.